The van der Waals surface area contributed by atoms with Crippen molar-refractivity contribution in [1.82, 2.24) is 4.57 Å². The van der Waals surface area contributed by atoms with Crippen LogP contribution >= 0.6 is 36.2 Å². The van der Waals surface area contributed by atoms with E-state index in [0.717, 1.165) is 0 Å². The highest BCUT2D eigenvalue weighted by Gasteiger charge is 1.98. The zero-order valence-corrected chi connectivity index (χ0v) is 8.34. The fourth-order valence-electron chi connectivity index (χ4n) is 0.574. The van der Waals surface area contributed by atoms with Gasteiger partial charge in [-0.1, -0.05) is 0 Å². The predicted octanol–water partition coefficient (Wildman–Crippen LogP) is 0.957. The molecule has 0 bridgehead atoms. The number of hydrogen-bond acceptors (Lipinski definition) is 3. The topological polar surface area (TPSA) is 66.1 Å². The molecule has 0 aliphatic heterocycles. The number of halogens is 2. The number of thiazole rings is 1. The van der Waals surface area contributed by atoms with E-state index in [2.05, 4.69) is 0 Å². The number of carbonyl (C=O) groups is 1. The number of rotatable bonds is 2. The largest absolute Gasteiger partial charge is 0.480 e. The van der Waals surface area contributed by atoms with Gasteiger partial charge in [-0.2, -0.15) is 0 Å². The summed E-state index contributed by atoms with van der Waals surface area (Å²) in [5.74, 6) is -0.920. The summed E-state index contributed by atoms with van der Waals surface area (Å²) in [6.45, 7) is -0.123. The summed E-state index contributed by atoms with van der Waals surface area (Å²) in [5, 5.41) is 17.2. The molecule has 12 heavy (non-hydrogen) atoms. The highest BCUT2D eigenvalue weighted by molar-refractivity contribution is 7.06. The van der Waals surface area contributed by atoms with Gasteiger partial charge in [0.05, 0.1) is 0 Å². The van der Waals surface area contributed by atoms with Crippen molar-refractivity contribution in [3.63, 3.8) is 0 Å². The second-order valence-electron chi connectivity index (χ2n) is 1.73. The molecular formula is C5H8Cl2N2O2S. The molecule has 0 fully saturated rings. The number of hydrogen-bond donors (Lipinski definition) is 2. The Morgan fingerprint density at radius 2 is 2.25 bits per heavy atom. The lowest BCUT2D eigenvalue weighted by Gasteiger charge is -1.93. The molecule has 0 amide bonds. The van der Waals surface area contributed by atoms with Gasteiger partial charge in [-0.15, -0.1) is 36.2 Å². The van der Waals surface area contributed by atoms with E-state index in [1.807, 2.05) is 0 Å². The van der Waals surface area contributed by atoms with E-state index < -0.39 is 5.97 Å². The third kappa shape index (κ3) is 3.75. The minimum absolute atomic E-state index is 0. The number of nitrogens with one attached hydrogen (secondary N) is 1. The van der Waals surface area contributed by atoms with Crippen LogP contribution in [0.3, 0.4) is 0 Å². The monoisotopic (exact) mass is 230 g/mol. The van der Waals surface area contributed by atoms with Gasteiger partial charge in [-0.05, 0) is 0 Å². The van der Waals surface area contributed by atoms with Gasteiger partial charge in [-0.25, -0.2) is 0 Å². The van der Waals surface area contributed by atoms with Crippen LogP contribution in [0, 0.1) is 5.41 Å². The van der Waals surface area contributed by atoms with Crippen molar-refractivity contribution in [2.24, 2.45) is 0 Å². The van der Waals surface area contributed by atoms with Gasteiger partial charge in [0.2, 0.25) is 0 Å². The maximum atomic E-state index is 10.1. The lowest BCUT2D eigenvalue weighted by Crippen LogP contribution is -2.17. The van der Waals surface area contributed by atoms with Gasteiger partial charge in [0, 0.05) is 11.6 Å². The zero-order chi connectivity index (χ0) is 7.56. The van der Waals surface area contributed by atoms with Crippen LogP contribution in [-0.2, 0) is 11.3 Å². The number of aromatic nitrogens is 1. The molecule has 0 aliphatic rings. The molecule has 1 heterocycles. The molecule has 0 aliphatic carbocycles. The Balaban J connectivity index is 0. The Labute approximate surface area is 85.2 Å². The van der Waals surface area contributed by atoms with Crippen molar-refractivity contribution >= 4 is 42.1 Å². The molecule has 7 heteroatoms. The highest BCUT2D eigenvalue weighted by atomic mass is 35.5. The molecule has 0 saturated heterocycles. The van der Waals surface area contributed by atoms with E-state index in [9.17, 15) is 4.79 Å². The van der Waals surface area contributed by atoms with Crippen molar-refractivity contribution in [3.05, 3.63) is 16.4 Å². The second-order valence-corrected chi connectivity index (χ2v) is 2.62. The summed E-state index contributed by atoms with van der Waals surface area (Å²) in [6.07, 6.45) is 1.58. The average molecular weight is 231 g/mol. The maximum Gasteiger partial charge on any atom is 0.323 e. The molecule has 0 saturated carbocycles. The van der Waals surface area contributed by atoms with Crippen molar-refractivity contribution in [2.75, 3.05) is 0 Å². The Bertz CT molecular complexity index is 296. The number of carboxylic acid groups (broad SMARTS) is 1. The van der Waals surface area contributed by atoms with Gasteiger partial charge in [0.25, 0.3) is 0 Å². The molecule has 2 N–H and O–H groups in total. The van der Waals surface area contributed by atoms with E-state index in [0.29, 0.717) is 0 Å². The maximum absolute atomic E-state index is 10.1. The van der Waals surface area contributed by atoms with Crippen molar-refractivity contribution in [2.45, 2.75) is 6.54 Å². The summed E-state index contributed by atoms with van der Waals surface area (Å²) >= 11 is 1.21. The Morgan fingerprint density at radius 3 is 2.58 bits per heavy atom. The molecule has 0 radical (unpaired) electrons. The molecule has 70 valence electrons. The number of aliphatic carboxylic acids is 1. The lowest BCUT2D eigenvalue weighted by atomic mass is 10.6. The molecule has 4 nitrogen and oxygen atoms in total. The predicted molar refractivity (Wildman–Crippen MR) is 50.3 cm³/mol. The first-order valence-corrected chi connectivity index (χ1v) is 3.48. The third-order valence-corrected chi connectivity index (χ3v) is 1.70. The van der Waals surface area contributed by atoms with Crippen LogP contribution in [0.1, 0.15) is 0 Å². The molecular weight excluding hydrogens is 223 g/mol. The van der Waals surface area contributed by atoms with E-state index in [4.69, 9.17) is 10.5 Å². The highest BCUT2D eigenvalue weighted by Crippen LogP contribution is 1.87. The minimum atomic E-state index is -0.920. The lowest BCUT2D eigenvalue weighted by molar-refractivity contribution is -0.137. The van der Waals surface area contributed by atoms with Crippen molar-refractivity contribution in [3.8, 4) is 0 Å². The van der Waals surface area contributed by atoms with Crippen LogP contribution in [-0.4, -0.2) is 15.6 Å². The van der Waals surface area contributed by atoms with Crippen molar-refractivity contribution < 1.29 is 9.90 Å². The first kappa shape index (κ1) is 14.0. The van der Waals surface area contributed by atoms with Crippen LogP contribution < -0.4 is 4.80 Å². The Kier molecular flexibility index (Phi) is 7.07. The molecule has 0 atom stereocenters. The van der Waals surface area contributed by atoms with Gasteiger partial charge >= 0.3 is 5.97 Å². The number of nitrogens with zero attached hydrogens (tertiary/aromatic N) is 1. The van der Waals surface area contributed by atoms with E-state index in [1.54, 1.807) is 11.6 Å². The average Bonchev–Trinajstić information content (AvgIpc) is 2.15. The fourth-order valence-corrected chi connectivity index (χ4v) is 1.17. The minimum Gasteiger partial charge on any atom is -0.480 e. The summed E-state index contributed by atoms with van der Waals surface area (Å²) < 4.78 is 1.37. The first-order valence-electron chi connectivity index (χ1n) is 2.60. The quantitative estimate of drug-likeness (QED) is 0.795. The summed E-state index contributed by atoms with van der Waals surface area (Å²) in [4.78, 5) is 10.4. The zero-order valence-electron chi connectivity index (χ0n) is 5.89. The molecule has 0 unspecified atom stereocenters. The smallest absolute Gasteiger partial charge is 0.323 e. The summed E-state index contributed by atoms with van der Waals surface area (Å²) in [6, 6.07) is 0. The molecule has 0 spiro atoms. The summed E-state index contributed by atoms with van der Waals surface area (Å²) in [7, 11) is 0. The fraction of sp³-hybridized carbons (Fsp3) is 0.200. The van der Waals surface area contributed by atoms with Crippen molar-refractivity contribution in [1.29, 1.82) is 5.41 Å². The normalized spacial score (nSPS) is 8.00. The van der Waals surface area contributed by atoms with E-state index in [1.165, 1.54) is 15.9 Å². The van der Waals surface area contributed by atoms with Crippen LogP contribution in [0.4, 0.5) is 0 Å². The van der Waals surface area contributed by atoms with Crippen LogP contribution in [0.5, 0.6) is 0 Å². The molecule has 1 aromatic rings. The first-order chi connectivity index (χ1) is 4.70. The standard InChI is InChI=1S/C5H6N2O2S.2ClH/c6-5-7(1-2-10-5)3-4(8)9;;/h1-2,6H,3H2,(H,8,9);2*1H. The van der Waals surface area contributed by atoms with Crippen LogP contribution in [0.15, 0.2) is 11.6 Å². The summed E-state index contributed by atoms with van der Waals surface area (Å²) in [5.41, 5.74) is 0. The van der Waals surface area contributed by atoms with Gasteiger partial charge in [0.1, 0.15) is 6.54 Å². The van der Waals surface area contributed by atoms with Crippen LogP contribution in [0.25, 0.3) is 0 Å². The van der Waals surface area contributed by atoms with Gasteiger partial charge < -0.3 is 9.67 Å². The Morgan fingerprint density at radius 1 is 1.67 bits per heavy atom. The SMILES string of the molecule is Cl.Cl.N=c1sccn1CC(=O)O. The second kappa shape index (κ2) is 6.05. The molecule has 1 rings (SSSR count). The molecule has 1 aromatic heterocycles. The number of carboxylic acids is 1. The van der Waals surface area contributed by atoms with E-state index >= 15 is 0 Å². The van der Waals surface area contributed by atoms with E-state index in [-0.39, 0.29) is 36.2 Å². The van der Waals surface area contributed by atoms with Crippen LogP contribution in [0.2, 0.25) is 0 Å². The van der Waals surface area contributed by atoms with Gasteiger partial charge in [0.15, 0.2) is 4.80 Å². The molecule has 0 aromatic carbocycles. The third-order valence-electron chi connectivity index (χ3n) is 0.987. The Hall–Kier alpha value is -0.520. The van der Waals surface area contributed by atoms with Gasteiger partial charge in [-0.3, -0.25) is 10.2 Å².